The number of hydrogen-bond donors (Lipinski definition) is 1. The van der Waals surface area contributed by atoms with Crippen molar-refractivity contribution in [2.75, 3.05) is 6.61 Å². The Kier molecular flexibility index (Phi) is 5.92. The Morgan fingerprint density at radius 1 is 1.15 bits per heavy atom. The predicted octanol–water partition coefficient (Wildman–Crippen LogP) is 4.55. The molecule has 0 aromatic rings. The molecular weight excluding hydrogens is 248 g/mol. The first-order valence-electron chi connectivity index (χ1n) is 8.93. The number of aliphatic hydroxyl groups excluding tert-OH is 1. The molecule has 3 atom stereocenters. The molecule has 0 bridgehead atoms. The molecule has 0 spiro atoms. The maximum atomic E-state index is 11.0. The summed E-state index contributed by atoms with van der Waals surface area (Å²) in [4.78, 5) is 0. The fraction of sp³-hybridized carbons (Fsp3) is 1.00. The zero-order valence-corrected chi connectivity index (χ0v) is 13.7. The highest BCUT2D eigenvalue weighted by atomic mass is 16.5. The molecule has 2 aliphatic carbocycles. The zero-order valence-electron chi connectivity index (χ0n) is 13.7. The maximum absolute atomic E-state index is 11.0. The van der Waals surface area contributed by atoms with Crippen molar-refractivity contribution in [1.82, 2.24) is 0 Å². The number of rotatable bonds is 5. The lowest BCUT2D eigenvalue weighted by molar-refractivity contribution is -0.168. The summed E-state index contributed by atoms with van der Waals surface area (Å²) in [5, 5.41) is 11.0. The molecule has 3 unspecified atom stereocenters. The van der Waals surface area contributed by atoms with E-state index < -0.39 is 0 Å². The minimum atomic E-state index is -0.247. The molecule has 1 N–H and O–H groups in total. The molecule has 0 radical (unpaired) electrons. The van der Waals surface area contributed by atoms with E-state index in [1.54, 1.807) is 0 Å². The smallest absolute Gasteiger partial charge is 0.0945 e. The summed E-state index contributed by atoms with van der Waals surface area (Å²) in [6.45, 7) is 7.41. The van der Waals surface area contributed by atoms with Gasteiger partial charge in [-0.25, -0.2) is 0 Å². The Hall–Kier alpha value is -0.0800. The number of ether oxygens (including phenoxy) is 1. The van der Waals surface area contributed by atoms with Crippen molar-refractivity contribution < 1.29 is 9.84 Å². The summed E-state index contributed by atoms with van der Waals surface area (Å²) in [5.41, 5.74) is -0.240. The van der Waals surface area contributed by atoms with Gasteiger partial charge in [-0.1, -0.05) is 46.0 Å². The van der Waals surface area contributed by atoms with E-state index in [0.717, 1.165) is 25.4 Å². The standard InChI is InChI=1S/C18H34O2/c1-4-15-8-10-16(11-9-15)17(19)18(20-5-2)12-6-7-14(3)13-18/h14-17,19H,4-13H2,1-3H3. The first kappa shape index (κ1) is 16.3. The van der Waals surface area contributed by atoms with Crippen molar-refractivity contribution in [3.63, 3.8) is 0 Å². The Labute approximate surface area is 125 Å². The summed E-state index contributed by atoms with van der Waals surface area (Å²) >= 11 is 0. The van der Waals surface area contributed by atoms with Crippen molar-refractivity contribution in [3.8, 4) is 0 Å². The summed E-state index contributed by atoms with van der Waals surface area (Å²) in [6, 6.07) is 0. The van der Waals surface area contributed by atoms with Crippen LogP contribution in [-0.2, 0) is 4.74 Å². The van der Waals surface area contributed by atoms with Crippen LogP contribution in [0.2, 0.25) is 0 Å². The minimum absolute atomic E-state index is 0.240. The fourth-order valence-corrected chi connectivity index (χ4v) is 4.66. The van der Waals surface area contributed by atoms with Crippen molar-refractivity contribution >= 4 is 0 Å². The van der Waals surface area contributed by atoms with Gasteiger partial charge in [-0.05, 0) is 50.4 Å². The molecular formula is C18H34O2. The van der Waals surface area contributed by atoms with Crippen molar-refractivity contribution in [2.24, 2.45) is 17.8 Å². The van der Waals surface area contributed by atoms with Crippen LogP contribution in [0.4, 0.5) is 0 Å². The SMILES string of the molecule is CCOC1(C(O)C2CCC(CC)CC2)CCCC(C)C1. The van der Waals surface area contributed by atoms with Gasteiger partial charge in [-0.3, -0.25) is 0 Å². The summed E-state index contributed by atoms with van der Waals surface area (Å²) in [6.07, 6.45) is 10.7. The summed E-state index contributed by atoms with van der Waals surface area (Å²) in [7, 11) is 0. The zero-order chi connectivity index (χ0) is 14.6. The molecule has 0 saturated heterocycles. The second-order valence-electron chi connectivity index (χ2n) is 7.33. The van der Waals surface area contributed by atoms with E-state index in [4.69, 9.17) is 4.74 Å². The third kappa shape index (κ3) is 3.57. The molecule has 2 fully saturated rings. The third-order valence-corrected chi connectivity index (χ3v) is 5.88. The van der Waals surface area contributed by atoms with E-state index in [1.807, 2.05) is 0 Å². The molecule has 0 heterocycles. The molecule has 2 saturated carbocycles. The van der Waals surface area contributed by atoms with Gasteiger partial charge in [0, 0.05) is 6.61 Å². The highest BCUT2D eigenvalue weighted by Crippen LogP contribution is 2.43. The lowest BCUT2D eigenvalue weighted by Crippen LogP contribution is -2.52. The molecule has 2 heteroatoms. The Morgan fingerprint density at radius 3 is 2.40 bits per heavy atom. The van der Waals surface area contributed by atoms with Crippen LogP contribution in [0.15, 0.2) is 0 Å². The lowest BCUT2D eigenvalue weighted by atomic mass is 9.68. The van der Waals surface area contributed by atoms with E-state index in [9.17, 15) is 5.11 Å². The molecule has 118 valence electrons. The van der Waals surface area contributed by atoms with E-state index in [1.165, 1.54) is 44.9 Å². The average Bonchev–Trinajstić information content (AvgIpc) is 2.47. The summed E-state index contributed by atoms with van der Waals surface area (Å²) in [5.74, 6) is 2.05. The van der Waals surface area contributed by atoms with Gasteiger partial charge in [0.15, 0.2) is 0 Å². The first-order chi connectivity index (χ1) is 9.61. The van der Waals surface area contributed by atoms with Crippen molar-refractivity contribution in [3.05, 3.63) is 0 Å². The van der Waals surface area contributed by atoms with Gasteiger partial charge in [-0.2, -0.15) is 0 Å². The van der Waals surface area contributed by atoms with Gasteiger partial charge in [0.2, 0.25) is 0 Å². The van der Waals surface area contributed by atoms with E-state index >= 15 is 0 Å². The molecule has 2 aliphatic rings. The number of aliphatic hydroxyl groups is 1. The molecule has 0 amide bonds. The van der Waals surface area contributed by atoms with Crippen molar-refractivity contribution in [1.29, 1.82) is 0 Å². The monoisotopic (exact) mass is 282 g/mol. The quantitative estimate of drug-likeness (QED) is 0.801. The summed E-state index contributed by atoms with van der Waals surface area (Å²) < 4.78 is 6.16. The van der Waals surface area contributed by atoms with Gasteiger partial charge in [0.1, 0.15) is 0 Å². The van der Waals surface area contributed by atoms with Gasteiger partial charge in [0.25, 0.3) is 0 Å². The average molecular weight is 282 g/mol. The molecule has 0 aromatic carbocycles. The molecule has 2 rings (SSSR count). The molecule has 0 aliphatic heterocycles. The van der Waals surface area contributed by atoms with Crippen LogP contribution >= 0.6 is 0 Å². The van der Waals surface area contributed by atoms with Crippen LogP contribution in [0.1, 0.15) is 78.6 Å². The lowest BCUT2D eigenvalue weighted by Gasteiger charge is -2.47. The molecule has 2 nitrogen and oxygen atoms in total. The predicted molar refractivity (Wildman–Crippen MR) is 83.7 cm³/mol. The van der Waals surface area contributed by atoms with Crippen LogP contribution in [0.5, 0.6) is 0 Å². The van der Waals surface area contributed by atoms with Crippen LogP contribution in [0.25, 0.3) is 0 Å². The van der Waals surface area contributed by atoms with Crippen LogP contribution in [0.3, 0.4) is 0 Å². The Morgan fingerprint density at radius 2 is 1.85 bits per heavy atom. The largest absolute Gasteiger partial charge is 0.390 e. The number of hydrogen-bond acceptors (Lipinski definition) is 2. The normalized spacial score (nSPS) is 40.5. The minimum Gasteiger partial charge on any atom is -0.390 e. The first-order valence-corrected chi connectivity index (χ1v) is 8.93. The Balaban J connectivity index is 2.01. The second kappa shape index (κ2) is 7.26. The van der Waals surface area contributed by atoms with Crippen LogP contribution in [-0.4, -0.2) is 23.4 Å². The van der Waals surface area contributed by atoms with E-state index in [2.05, 4.69) is 20.8 Å². The van der Waals surface area contributed by atoms with Gasteiger partial charge < -0.3 is 9.84 Å². The fourth-order valence-electron chi connectivity index (χ4n) is 4.66. The van der Waals surface area contributed by atoms with Crippen LogP contribution in [0, 0.1) is 17.8 Å². The Bertz CT molecular complexity index is 279. The second-order valence-corrected chi connectivity index (χ2v) is 7.33. The van der Waals surface area contributed by atoms with E-state index in [0.29, 0.717) is 11.8 Å². The van der Waals surface area contributed by atoms with E-state index in [-0.39, 0.29) is 11.7 Å². The molecule has 0 aromatic heterocycles. The highest BCUT2D eigenvalue weighted by Gasteiger charge is 2.45. The van der Waals surface area contributed by atoms with Gasteiger partial charge >= 0.3 is 0 Å². The highest BCUT2D eigenvalue weighted by molar-refractivity contribution is 4.97. The van der Waals surface area contributed by atoms with Gasteiger partial charge in [0.05, 0.1) is 11.7 Å². The van der Waals surface area contributed by atoms with Crippen molar-refractivity contribution in [2.45, 2.75) is 90.3 Å². The van der Waals surface area contributed by atoms with Crippen LogP contribution < -0.4 is 0 Å². The topological polar surface area (TPSA) is 29.5 Å². The maximum Gasteiger partial charge on any atom is 0.0945 e. The van der Waals surface area contributed by atoms with Gasteiger partial charge in [-0.15, -0.1) is 0 Å². The molecule has 20 heavy (non-hydrogen) atoms. The third-order valence-electron chi connectivity index (χ3n) is 5.88.